The zero-order valence-electron chi connectivity index (χ0n) is 14.0. The highest BCUT2D eigenvalue weighted by molar-refractivity contribution is 5.12. The maximum absolute atomic E-state index is 4.48. The van der Waals surface area contributed by atoms with Gasteiger partial charge in [0.05, 0.1) is 11.7 Å². The molecule has 1 aromatic heterocycles. The minimum Gasteiger partial charge on any atom is -0.311 e. The van der Waals surface area contributed by atoms with Crippen molar-refractivity contribution in [2.45, 2.75) is 60.9 Å². The molecule has 0 aliphatic heterocycles. The Balaban J connectivity index is 0.00000154. The number of nitrogens with zero attached hydrogens (tertiary/aromatic N) is 1. The van der Waals surface area contributed by atoms with Gasteiger partial charge in [-0.05, 0) is 36.4 Å². The highest BCUT2D eigenvalue weighted by Crippen LogP contribution is 2.41. The van der Waals surface area contributed by atoms with Crippen LogP contribution in [0.5, 0.6) is 0 Å². The second kappa shape index (κ2) is 7.64. The summed E-state index contributed by atoms with van der Waals surface area (Å²) in [6.45, 7) is 15.5. The van der Waals surface area contributed by atoms with Crippen LogP contribution >= 0.6 is 0 Å². The van der Waals surface area contributed by atoms with Crippen molar-refractivity contribution in [2.75, 3.05) is 7.05 Å². The van der Waals surface area contributed by atoms with E-state index in [-0.39, 0.29) is 5.41 Å². The number of rotatable bonds is 4. The molecule has 19 heavy (non-hydrogen) atoms. The van der Waals surface area contributed by atoms with Gasteiger partial charge in [-0.3, -0.25) is 4.98 Å². The topological polar surface area (TPSA) is 24.9 Å². The molecule has 0 aliphatic rings. The van der Waals surface area contributed by atoms with Crippen LogP contribution in [-0.4, -0.2) is 12.0 Å². The van der Waals surface area contributed by atoms with Crippen molar-refractivity contribution in [3.05, 3.63) is 30.1 Å². The van der Waals surface area contributed by atoms with Crippen LogP contribution < -0.4 is 5.32 Å². The average Bonchev–Trinajstić information content (AvgIpc) is 2.30. The van der Waals surface area contributed by atoms with Gasteiger partial charge in [-0.15, -0.1) is 0 Å². The second-order valence-corrected chi connectivity index (χ2v) is 6.70. The highest BCUT2D eigenvalue weighted by atomic mass is 14.9. The molecule has 0 radical (unpaired) electrons. The molecule has 0 fully saturated rings. The summed E-state index contributed by atoms with van der Waals surface area (Å²) < 4.78 is 0. The normalized spacial score (nSPS) is 13.5. The van der Waals surface area contributed by atoms with E-state index in [0.717, 1.165) is 12.1 Å². The van der Waals surface area contributed by atoms with Gasteiger partial charge in [0.2, 0.25) is 0 Å². The van der Waals surface area contributed by atoms with Crippen molar-refractivity contribution in [3.8, 4) is 0 Å². The summed E-state index contributed by atoms with van der Waals surface area (Å²) in [5, 5.41) is 3.42. The Hall–Kier alpha value is -0.890. The molecule has 0 amide bonds. The van der Waals surface area contributed by atoms with Gasteiger partial charge in [-0.2, -0.15) is 0 Å². The lowest BCUT2D eigenvalue weighted by Crippen LogP contribution is -2.35. The molecule has 0 aliphatic carbocycles. The number of nitrogens with one attached hydrogen (secondary N) is 1. The van der Waals surface area contributed by atoms with E-state index in [1.165, 1.54) is 0 Å². The SMILES string of the molecule is CC.CNC(c1ccccn1)C(C)(C)CC(C)(C)C. The number of aromatic nitrogens is 1. The van der Waals surface area contributed by atoms with Crippen LogP contribution in [0, 0.1) is 10.8 Å². The molecule has 0 aromatic carbocycles. The van der Waals surface area contributed by atoms with Crippen LogP contribution in [0.3, 0.4) is 0 Å². The van der Waals surface area contributed by atoms with E-state index in [0.29, 0.717) is 11.5 Å². The third-order valence-electron chi connectivity index (χ3n) is 3.04. The fourth-order valence-electron chi connectivity index (χ4n) is 2.95. The maximum atomic E-state index is 4.48. The fourth-order valence-corrected chi connectivity index (χ4v) is 2.95. The van der Waals surface area contributed by atoms with Crippen molar-refractivity contribution in [3.63, 3.8) is 0 Å². The molecule has 1 N–H and O–H groups in total. The fraction of sp³-hybridized carbons (Fsp3) is 0.706. The van der Waals surface area contributed by atoms with E-state index in [4.69, 9.17) is 0 Å². The Bertz CT molecular complexity index is 336. The summed E-state index contributed by atoms with van der Waals surface area (Å²) in [6, 6.07) is 6.42. The lowest BCUT2D eigenvalue weighted by molar-refractivity contribution is 0.156. The van der Waals surface area contributed by atoms with Gasteiger partial charge in [-0.1, -0.05) is 54.5 Å². The van der Waals surface area contributed by atoms with E-state index in [2.05, 4.69) is 57.1 Å². The van der Waals surface area contributed by atoms with Crippen molar-refractivity contribution in [2.24, 2.45) is 10.8 Å². The monoisotopic (exact) mass is 264 g/mol. The standard InChI is InChI=1S/C15H26N2.C2H6/c1-14(2,3)11-15(4,5)13(16-6)12-9-7-8-10-17-12;1-2/h7-10,13,16H,11H2,1-6H3;1-2H3. The van der Waals surface area contributed by atoms with Gasteiger partial charge in [0, 0.05) is 6.20 Å². The zero-order valence-corrected chi connectivity index (χ0v) is 14.0. The van der Waals surface area contributed by atoms with Gasteiger partial charge in [0.15, 0.2) is 0 Å². The molecule has 0 saturated heterocycles. The van der Waals surface area contributed by atoms with Gasteiger partial charge in [0.1, 0.15) is 0 Å². The van der Waals surface area contributed by atoms with E-state index in [9.17, 15) is 0 Å². The largest absolute Gasteiger partial charge is 0.311 e. The molecule has 0 saturated carbocycles. The Labute approximate surface area is 120 Å². The van der Waals surface area contributed by atoms with Crippen LogP contribution in [0.2, 0.25) is 0 Å². The average molecular weight is 264 g/mol. The first-order valence-corrected chi connectivity index (χ1v) is 7.34. The third-order valence-corrected chi connectivity index (χ3v) is 3.04. The molecule has 0 bridgehead atoms. The molecule has 2 nitrogen and oxygen atoms in total. The van der Waals surface area contributed by atoms with Crippen molar-refractivity contribution < 1.29 is 0 Å². The van der Waals surface area contributed by atoms with E-state index in [1.54, 1.807) is 0 Å². The lowest BCUT2D eigenvalue weighted by atomic mass is 9.71. The van der Waals surface area contributed by atoms with Crippen LogP contribution in [0.1, 0.15) is 66.6 Å². The Morgan fingerprint density at radius 1 is 1.11 bits per heavy atom. The molecule has 1 atom stereocenters. The van der Waals surface area contributed by atoms with E-state index in [1.807, 2.05) is 33.2 Å². The molecular formula is C17H32N2. The van der Waals surface area contributed by atoms with Crippen LogP contribution in [-0.2, 0) is 0 Å². The highest BCUT2D eigenvalue weighted by Gasteiger charge is 2.34. The molecule has 1 heterocycles. The third kappa shape index (κ3) is 6.20. The minimum atomic E-state index is 0.182. The van der Waals surface area contributed by atoms with Crippen molar-refractivity contribution in [1.29, 1.82) is 0 Å². The van der Waals surface area contributed by atoms with Crippen LogP contribution in [0.15, 0.2) is 24.4 Å². The predicted octanol–water partition coefficient (Wildman–Crippen LogP) is 4.83. The molecule has 0 spiro atoms. The number of hydrogen-bond donors (Lipinski definition) is 1. The second-order valence-electron chi connectivity index (χ2n) is 6.70. The van der Waals surface area contributed by atoms with Crippen molar-refractivity contribution >= 4 is 0 Å². The summed E-state index contributed by atoms with van der Waals surface area (Å²) >= 11 is 0. The summed E-state index contributed by atoms with van der Waals surface area (Å²) in [5.41, 5.74) is 1.64. The van der Waals surface area contributed by atoms with Gasteiger partial charge in [-0.25, -0.2) is 0 Å². The van der Waals surface area contributed by atoms with E-state index < -0.39 is 0 Å². The van der Waals surface area contributed by atoms with Gasteiger partial charge < -0.3 is 5.32 Å². The molecule has 2 heteroatoms. The zero-order chi connectivity index (χ0) is 15.1. The Morgan fingerprint density at radius 2 is 1.68 bits per heavy atom. The Kier molecular flexibility index (Phi) is 7.28. The van der Waals surface area contributed by atoms with E-state index >= 15 is 0 Å². The molecule has 1 aromatic rings. The first-order valence-electron chi connectivity index (χ1n) is 7.34. The first kappa shape index (κ1) is 18.1. The smallest absolute Gasteiger partial charge is 0.0578 e. The molecule has 1 unspecified atom stereocenters. The summed E-state index contributed by atoms with van der Waals surface area (Å²) in [6.07, 6.45) is 3.02. The quantitative estimate of drug-likeness (QED) is 0.842. The Morgan fingerprint density at radius 3 is 2.05 bits per heavy atom. The summed E-state index contributed by atoms with van der Waals surface area (Å²) in [5.74, 6) is 0. The minimum absolute atomic E-state index is 0.182. The summed E-state index contributed by atoms with van der Waals surface area (Å²) in [4.78, 5) is 4.48. The van der Waals surface area contributed by atoms with Crippen molar-refractivity contribution in [1.82, 2.24) is 10.3 Å². The van der Waals surface area contributed by atoms with Crippen LogP contribution in [0.25, 0.3) is 0 Å². The molecular weight excluding hydrogens is 232 g/mol. The number of pyridine rings is 1. The van der Waals surface area contributed by atoms with Gasteiger partial charge >= 0.3 is 0 Å². The van der Waals surface area contributed by atoms with Crippen LogP contribution in [0.4, 0.5) is 0 Å². The predicted molar refractivity (Wildman–Crippen MR) is 85.2 cm³/mol. The van der Waals surface area contributed by atoms with Gasteiger partial charge in [0.25, 0.3) is 0 Å². The summed E-state index contributed by atoms with van der Waals surface area (Å²) in [7, 11) is 2.02. The first-order chi connectivity index (χ1) is 8.76. The number of hydrogen-bond acceptors (Lipinski definition) is 2. The molecule has 1 rings (SSSR count). The maximum Gasteiger partial charge on any atom is 0.0578 e. The lowest BCUT2D eigenvalue weighted by Gasteiger charge is -2.38. The molecule has 110 valence electrons.